The number of likely N-dealkylation sites (tertiary alicyclic amines) is 1. The lowest BCUT2D eigenvalue weighted by atomic mass is 9.99. The third-order valence-electron chi connectivity index (χ3n) is 9.65. The first-order chi connectivity index (χ1) is 22.2. The lowest BCUT2D eigenvalue weighted by Gasteiger charge is -2.44. The number of likely N-dealkylation sites (N-methyl/N-ethyl adjacent to an activating group) is 1. The molecule has 4 heterocycles. The summed E-state index contributed by atoms with van der Waals surface area (Å²) in [5, 5.41) is 25.8. The van der Waals surface area contributed by atoms with Crippen molar-refractivity contribution in [2.24, 2.45) is 0 Å². The van der Waals surface area contributed by atoms with Gasteiger partial charge in [-0.2, -0.15) is 15.2 Å². The first-order valence-corrected chi connectivity index (χ1v) is 16.2. The molecule has 1 aromatic heterocycles. The van der Waals surface area contributed by atoms with E-state index in [4.69, 9.17) is 14.7 Å². The number of aromatic nitrogens is 2. The predicted molar refractivity (Wildman–Crippen MR) is 179 cm³/mol. The molecule has 2 saturated heterocycles. The minimum Gasteiger partial charge on any atom is -0.462 e. The van der Waals surface area contributed by atoms with Crippen LogP contribution in [-0.4, -0.2) is 95.5 Å². The molecule has 0 bridgehead atoms. The van der Waals surface area contributed by atoms with E-state index in [1.807, 2.05) is 4.90 Å². The lowest BCUT2D eigenvalue weighted by Crippen LogP contribution is -2.58. The van der Waals surface area contributed by atoms with E-state index < -0.39 is 6.23 Å². The van der Waals surface area contributed by atoms with Crippen LogP contribution in [0.4, 0.5) is 11.5 Å². The number of aliphatic hydroxyl groups is 1. The van der Waals surface area contributed by atoms with E-state index in [2.05, 4.69) is 83.0 Å². The van der Waals surface area contributed by atoms with Gasteiger partial charge in [0.1, 0.15) is 18.7 Å². The molecule has 0 aliphatic carbocycles. The maximum atomic E-state index is 11.6. The average Bonchev–Trinajstić information content (AvgIpc) is 3.46. The van der Waals surface area contributed by atoms with Crippen LogP contribution in [0.1, 0.15) is 43.0 Å². The molecule has 1 amide bonds. The van der Waals surface area contributed by atoms with Crippen molar-refractivity contribution in [2.75, 3.05) is 56.2 Å². The maximum absolute atomic E-state index is 11.6. The van der Waals surface area contributed by atoms with E-state index in [0.29, 0.717) is 44.8 Å². The number of piperazine rings is 1. The van der Waals surface area contributed by atoms with Gasteiger partial charge in [-0.05, 0) is 56.8 Å². The van der Waals surface area contributed by atoms with Gasteiger partial charge in [-0.15, -0.1) is 0 Å². The summed E-state index contributed by atoms with van der Waals surface area (Å²) in [6.07, 6.45) is 2.13. The first-order valence-electron chi connectivity index (χ1n) is 16.2. The van der Waals surface area contributed by atoms with Crippen LogP contribution < -0.4 is 19.9 Å². The molecule has 3 atom stereocenters. The van der Waals surface area contributed by atoms with Gasteiger partial charge in [0.2, 0.25) is 5.91 Å². The number of anilines is 2. The summed E-state index contributed by atoms with van der Waals surface area (Å²) >= 11 is 0. The van der Waals surface area contributed by atoms with Crippen molar-refractivity contribution in [3.63, 3.8) is 0 Å². The highest BCUT2D eigenvalue weighted by atomic mass is 16.5. The molecule has 2 fully saturated rings. The van der Waals surface area contributed by atoms with Gasteiger partial charge in [0, 0.05) is 61.8 Å². The summed E-state index contributed by atoms with van der Waals surface area (Å²) in [7, 11) is 2.13. The van der Waals surface area contributed by atoms with Crippen LogP contribution in [0, 0.1) is 18.3 Å². The van der Waals surface area contributed by atoms with Gasteiger partial charge in [-0.25, -0.2) is 0 Å². The number of rotatable bonds is 9. The molecule has 46 heavy (non-hydrogen) atoms. The largest absolute Gasteiger partial charge is 0.462 e. The Morgan fingerprint density at radius 1 is 1.15 bits per heavy atom. The summed E-state index contributed by atoms with van der Waals surface area (Å²) in [5.74, 6) is 0.544. The van der Waals surface area contributed by atoms with E-state index in [1.54, 1.807) is 0 Å². The van der Waals surface area contributed by atoms with Crippen molar-refractivity contribution >= 4 is 28.2 Å². The van der Waals surface area contributed by atoms with Crippen LogP contribution in [0.5, 0.6) is 6.01 Å². The second kappa shape index (κ2) is 13.6. The Bertz CT molecular complexity index is 1650. The van der Waals surface area contributed by atoms with Gasteiger partial charge in [-0.1, -0.05) is 36.9 Å². The fourth-order valence-corrected chi connectivity index (χ4v) is 7.21. The molecule has 3 aliphatic heterocycles. The van der Waals surface area contributed by atoms with Crippen molar-refractivity contribution in [3.8, 4) is 12.1 Å². The van der Waals surface area contributed by atoms with Crippen LogP contribution in [0.25, 0.3) is 10.8 Å². The summed E-state index contributed by atoms with van der Waals surface area (Å²) < 4.78 is 6.33. The highest BCUT2D eigenvalue weighted by molar-refractivity contribution is 5.97. The minimum atomic E-state index is -1.09. The van der Waals surface area contributed by atoms with Crippen LogP contribution in [-0.2, 0) is 17.8 Å². The van der Waals surface area contributed by atoms with Gasteiger partial charge in [-0.3, -0.25) is 9.69 Å². The SMILES string of the molecule is C=C(NC(C)=O)C(O)N1CCN(c2nc(OC[C@@H]3CCCN3C)nc3c2CCN(c2cccc4cccc(C)c24)C3)C[C@@H]1CC#N. The van der Waals surface area contributed by atoms with E-state index in [0.717, 1.165) is 49.4 Å². The fraction of sp³-hybridized carbons (Fsp3) is 0.486. The van der Waals surface area contributed by atoms with Crippen molar-refractivity contribution in [3.05, 3.63) is 65.5 Å². The summed E-state index contributed by atoms with van der Waals surface area (Å²) in [4.78, 5) is 30.4. The lowest BCUT2D eigenvalue weighted by molar-refractivity contribution is -0.119. The number of hydrogen-bond acceptors (Lipinski definition) is 10. The van der Waals surface area contributed by atoms with Crippen LogP contribution in [0.2, 0.25) is 0 Å². The van der Waals surface area contributed by atoms with Gasteiger partial charge in [0.25, 0.3) is 0 Å². The predicted octanol–water partition coefficient (Wildman–Crippen LogP) is 3.35. The first kappa shape index (κ1) is 31.7. The standard InChI is InChI=1S/C35H44N8O3/c1-23-8-5-9-26-10-6-12-31(32(23)26)41-17-14-29-30(21-41)38-35(46-22-28-11-7-16-40(28)4)39-33(29)42-18-19-43(27(20-42)13-15-36)34(45)24(2)37-25(3)44/h5-6,8-10,12,27-28,34,45H,2,7,11,13-14,16-22H2,1,3-4H3,(H,37,44)/t27-,28-,34?/m0/s1. The molecule has 11 nitrogen and oxygen atoms in total. The number of aryl methyl sites for hydroxylation is 1. The number of hydrogen-bond donors (Lipinski definition) is 2. The van der Waals surface area contributed by atoms with E-state index >= 15 is 0 Å². The Balaban J connectivity index is 1.31. The van der Waals surface area contributed by atoms with Crippen LogP contribution >= 0.6 is 0 Å². The molecule has 6 rings (SSSR count). The summed E-state index contributed by atoms with van der Waals surface area (Å²) in [6, 6.07) is 15.6. The molecular formula is C35H44N8O3. The van der Waals surface area contributed by atoms with E-state index in [9.17, 15) is 15.2 Å². The van der Waals surface area contributed by atoms with Gasteiger partial charge in [0.15, 0.2) is 0 Å². The molecular weight excluding hydrogens is 580 g/mol. The number of amides is 1. The molecule has 11 heteroatoms. The van der Waals surface area contributed by atoms with Gasteiger partial charge in [0.05, 0.1) is 30.4 Å². The second-order valence-electron chi connectivity index (χ2n) is 12.7. The second-order valence-corrected chi connectivity index (χ2v) is 12.7. The number of carbonyl (C=O) groups excluding carboxylic acids is 1. The molecule has 0 saturated carbocycles. The Morgan fingerprint density at radius 3 is 2.70 bits per heavy atom. The quantitative estimate of drug-likeness (QED) is 0.367. The number of aliphatic hydroxyl groups excluding tert-OH is 1. The number of nitriles is 1. The van der Waals surface area contributed by atoms with Crippen LogP contribution in [0.15, 0.2) is 48.7 Å². The molecule has 0 spiro atoms. The summed E-state index contributed by atoms with van der Waals surface area (Å²) in [5.41, 5.74) is 4.71. The Labute approximate surface area is 271 Å². The molecule has 1 unspecified atom stereocenters. The zero-order valence-corrected chi connectivity index (χ0v) is 27.1. The maximum Gasteiger partial charge on any atom is 0.318 e. The van der Waals surface area contributed by atoms with Crippen LogP contribution in [0.3, 0.4) is 0 Å². The topological polar surface area (TPSA) is 121 Å². The third-order valence-corrected chi connectivity index (χ3v) is 9.65. The smallest absolute Gasteiger partial charge is 0.318 e. The third kappa shape index (κ3) is 6.51. The molecule has 2 N–H and O–H groups in total. The highest BCUT2D eigenvalue weighted by Crippen LogP contribution is 2.36. The molecule has 3 aromatic rings. The normalized spacial score (nSPS) is 21.1. The molecule has 3 aliphatic rings. The minimum absolute atomic E-state index is 0.208. The molecule has 0 radical (unpaired) electrons. The fourth-order valence-electron chi connectivity index (χ4n) is 7.21. The highest BCUT2D eigenvalue weighted by Gasteiger charge is 2.35. The number of ether oxygens (including phenoxy) is 1. The van der Waals surface area contributed by atoms with E-state index in [-0.39, 0.29) is 24.1 Å². The molecule has 2 aromatic carbocycles. The number of fused-ring (bicyclic) bond motifs is 2. The van der Waals surface area contributed by atoms with Crippen molar-refractivity contribution in [2.45, 2.75) is 64.4 Å². The number of nitrogens with zero attached hydrogens (tertiary/aromatic N) is 7. The average molecular weight is 625 g/mol. The van der Waals surface area contributed by atoms with Gasteiger partial charge >= 0.3 is 6.01 Å². The van der Waals surface area contributed by atoms with Gasteiger partial charge < -0.3 is 29.9 Å². The van der Waals surface area contributed by atoms with Crippen molar-refractivity contribution in [1.29, 1.82) is 5.26 Å². The van der Waals surface area contributed by atoms with Crippen molar-refractivity contribution in [1.82, 2.24) is 25.1 Å². The Kier molecular flexibility index (Phi) is 9.40. The Hall–Kier alpha value is -4.24. The number of nitrogens with one attached hydrogen (secondary N) is 1. The zero-order chi connectivity index (χ0) is 32.4. The number of benzene rings is 2. The Morgan fingerprint density at radius 2 is 1.96 bits per heavy atom. The van der Waals surface area contributed by atoms with Crippen molar-refractivity contribution < 1.29 is 14.6 Å². The monoisotopic (exact) mass is 624 g/mol. The zero-order valence-electron chi connectivity index (χ0n) is 27.1. The summed E-state index contributed by atoms with van der Waals surface area (Å²) in [6.45, 7) is 12.0. The number of carbonyl (C=O) groups is 1. The molecule has 242 valence electrons. The van der Waals surface area contributed by atoms with E-state index in [1.165, 1.54) is 28.9 Å².